The molecule has 68 valence electrons. The molecule has 0 aromatic carbocycles. The quantitative estimate of drug-likeness (QED) is 0.671. The molecule has 0 saturated carbocycles. The Morgan fingerprint density at radius 1 is 1.31 bits per heavy atom. The van der Waals surface area contributed by atoms with Gasteiger partial charge < -0.3 is 0 Å². The van der Waals surface area contributed by atoms with E-state index in [4.69, 9.17) is 0 Å². The predicted octanol–water partition coefficient (Wildman–Crippen LogP) is 2.97. The Morgan fingerprint density at radius 2 is 2.15 bits per heavy atom. The fourth-order valence-corrected chi connectivity index (χ4v) is 2.26. The molecule has 0 fully saturated rings. The summed E-state index contributed by atoms with van der Waals surface area (Å²) in [6.45, 7) is 4.14. The van der Waals surface area contributed by atoms with Crippen molar-refractivity contribution < 1.29 is 0 Å². The number of aromatic nitrogens is 1. The highest BCUT2D eigenvalue weighted by Crippen LogP contribution is 2.26. The molecule has 0 saturated heterocycles. The summed E-state index contributed by atoms with van der Waals surface area (Å²) in [5.41, 5.74) is 2.12. The Morgan fingerprint density at radius 3 is 2.69 bits per heavy atom. The minimum atomic E-state index is 1.05. The Bertz CT molecular complexity index is 374. The molecule has 1 aliphatic heterocycles. The second-order valence-corrected chi connectivity index (χ2v) is 4.52. The number of allylic oxidation sites excluding steroid dienone is 1. The van der Waals surface area contributed by atoms with Crippen molar-refractivity contribution in [3.05, 3.63) is 21.7 Å². The monoisotopic (exact) mass is 192 g/mol. The highest BCUT2D eigenvalue weighted by molar-refractivity contribution is 7.11. The minimum Gasteiger partial charge on any atom is -0.259 e. The lowest BCUT2D eigenvalue weighted by Gasteiger charge is -2.03. The summed E-state index contributed by atoms with van der Waals surface area (Å²) in [6.07, 6.45) is 6.30. The van der Waals surface area contributed by atoms with E-state index in [0.717, 1.165) is 29.2 Å². The molecule has 2 heterocycles. The number of rotatable bonds is 1. The highest BCUT2D eigenvalue weighted by atomic mass is 32.1. The maximum absolute atomic E-state index is 4.47. The second kappa shape index (κ2) is 3.42. The van der Waals surface area contributed by atoms with Gasteiger partial charge in [0.15, 0.2) is 0 Å². The molecule has 1 aromatic rings. The van der Waals surface area contributed by atoms with E-state index in [9.17, 15) is 0 Å². The number of aryl methyl sites for hydroxylation is 2. The van der Waals surface area contributed by atoms with Crippen LogP contribution in [0.4, 0.5) is 0 Å². The molecule has 13 heavy (non-hydrogen) atoms. The SMILES string of the molecule is Cc1nc(C2=CCCC=N2)c(C)s1. The predicted molar refractivity (Wildman–Crippen MR) is 57.3 cm³/mol. The fraction of sp³-hybridized carbons (Fsp3) is 0.400. The van der Waals surface area contributed by atoms with Crippen molar-refractivity contribution in [2.75, 3.05) is 0 Å². The van der Waals surface area contributed by atoms with Crippen LogP contribution in [0.15, 0.2) is 11.1 Å². The third kappa shape index (κ3) is 1.70. The molecule has 0 aliphatic carbocycles. The first-order valence-corrected chi connectivity index (χ1v) is 5.26. The topological polar surface area (TPSA) is 25.2 Å². The Labute approximate surface area is 82.0 Å². The third-order valence-corrected chi connectivity index (χ3v) is 2.90. The largest absolute Gasteiger partial charge is 0.259 e. The van der Waals surface area contributed by atoms with Gasteiger partial charge in [0.2, 0.25) is 0 Å². The maximum Gasteiger partial charge on any atom is 0.102 e. The number of aliphatic imine (C=N–C) groups is 1. The molecule has 3 heteroatoms. The standard InChI is InChI=1S/C10H12N2S/c1-7-10(12-8(2)13-7)9-5-3-4-6-11-9/h5-6H,3-4H2,1-2H3. The lowest BCUT2D eigenvalue weighted by molar-refractivity contribution is 1.08. The maximum atomic E-state index is 4.47. The highest BCUT2D eigenvalue weighted by Gasteiger charge is 2.10. The van der Waals surface area contributed by atoms with Gasteiger partial charge in [-0.1, -0.05) is 6.08 Å². The molecule has 0 amide bonds. The summed E-state index contributed by atoms with van der Waals surface area (Å²) in [5, 5.41) is 1.12. The molecule has 2 rings (SSSR count). The fourth-order valence-electron chi connectivity index (χ4n) is 1.43. The smallest absolute Gasteiger partial charge is 0.102 e. The van der Waals surface area contributed by atoms with E-state index >= 15 is 0 Å². The van der Waals surface area contributed by atoms with Gasteiger partial charge in [0.05, 0.1) is 10.7 Å². The summed E-state index contributed by atoms with van der Waals surface area (Å²) in [7, 11) is 0. The second-order valence-electron chi connectivity index (χ2n) is 3.12. The zero-order valence-corrected chi connectivity index (χ0v) is 8.69. The minimum absolute atomic E-state index is 1.05. The van der Waals surface area contributed by atoms with E-state index in [1.165, 1.54) is 4.88 Å². The van der Waals surface area contributed by atoms with Crippen molar-refractivity contribution in [2.45, 2.75) is 26.7 Å². The van der Waals surface area contributed by atoms with Crippen LogP contribution in [0, 0.1) is 13.8 Å². The van der Waals surface area contributed by atoms with Gasteiger partial charge in [-0.25, -0.2) is 4.98 Å². The van der Waals surface area contributed by atoms with Crippen LogP contribution in [0.3, 0.4) is 0 Å². The molecular weight excluding hydrogens is 180 g/mol. The molecule has 0 bridgehead atoms. The van der Waals surface area contributed by atoms with E-state index in [1.807, 2.05) is 13.1 Å². The van der Waals surface area contributed by atoms with Crippen molar-refractivity contribution in [1.29, 1.82) is 0 Å². The summed E-state index contributed by atoms with van der Waals surface area (Å²) in [4.78, 5) is 10.1. The van der Waals surface area contributed by atoms with E-state index in [1.54, 1.807) is 11.3 Å². The Kier molecular flexibility index (Phi) is 2.27. The Hall–Kier alpha value is -0.960. The van der Waals surface area contributed by atoms with Crippen LogP contribution >= 0.6 is 11.3 Å². The van der Waals surface area contributed by atoms with Gasteiger partial charge in [0.25, 0.3) is 0 Å². The van der Waals surface area contributed by atoms with Crippen molar-refractivity contribution in [3.8, 4) is 0 Å². The van der Waals surface area contributed by atoms with Gasteiger partial charge in [-0.15, -0.1) is 11.3 Å². The van der Waals surface area contributed by atoms with Crippen LogP contribution in [0.25, 0.3) is 5.70 Å². The van der Waals surface area contributed by atoms with Crippen LogP contribution in [0.2, 0.25) is 0 Å². The number of hydrogen-bond donors (Lipinski definition) is 0. The summed E-state index contributed by atoms with van der Waals surface area (Å²) < 4.78 is 0. The van der Waals surface area contributed by atoms with Gasteiger partial charge >= 0.3 is 0 Å². The van der Waals surface area contributed by atoms with Gasteiger partial charge in [-0.2, -0.15) is 0 Å². The lowest BCUT2D eigenvalue weighted by atomic mass is 10.2. The first-order chi connectivity index (χ1) is 6.27. The van der Waals surface area contributed by atoms with Gasteiger partial charge in [-0.3, -0.25) is 4.99 Å². The molecule has 0 radical (unpaired) electrons. The van der Waals surface area contributed by atoms with Crippen LogP contribution in [0.1, 0.15) is 28.4 Å². The first kappa shape index (κ1) is 8.63. The van der Waals surface area contributed by atoms with Crippen molar-refractivity contribution in [2.24, 2.45) is 4.99 Å². The van der Waals surface area contributed by atoms with E-state index < -0.39 is 0 Å². The average molecular weight is 192 g/mol. The summed E-state index contributed by atoms with van der Waals surface area (Å²) in [5.74, 6) is 0. The lowest BCUT2D eigenvalue weighted by Crippen LogP contribution is -1.90. The molecule has 0 N–H and O–H groups in total. The van der Waals surface area contributed by atoms with Gasteiger partial charge in [0, 0.05) is 11.1 Å². The van der Waals surface area contributed by atoms with Crippen LogP contribution in [0.5, 0.6) is 0 Å². The first-order valence-electron chi connectivity index (χ1n) is 4.44. The van der Waals surface area contributed by atoms with Crippen LogP contribution < -0.4 is 0 Å². The van der Waals surface area contributed by atoms with Crippen LogP contribution in [-0.2, 0) is 0 Å². The van der Waals surface area contributed by atoms with Gasteiger partial charge in [0.1, 0.15) is 5.69 Å². The zero-order chi connectivity index (χ0) is 9.26. The average Bonchev–Trinajstić information content (AvgIpc) is 2.47. The zero-order valence-electron chi connectivity index (χ0n) is 7.87. The van der Waals surface area contributed by atoms with E-state index in [-0.39, 0.29) is 0 Å². The molecular formula is C10H12N2S. The van der Waals surface area contributed by atoms with E-state index in [2.05, 4.69) is 23.0 Å². The number of thiazole rings is 1. The van der Waals surface area contributed by atoms with Crippen molar-refractivity contribution in [3.63, 3.8) is 0 Å². The van der Waals surface area contributed by atoms with Crippen molar-refractivity contribution in [1.82, 2.24) is 4.98 Å². The summed E-state index contributed by atoms with van der Waals surface area (Å²) in [6, 6.07) is 0. The molecule has 0 unspecified atom stereocenters. The Balaban J connectivity index is 2.39. The molecule has 2 nitrogen and oxygen atoms in total. The van der Waals surface area contributed by atoms with E-state index in [0.29, 0.717) is 0 Å². The number of hydrogen-bond acceptors (Lipinski definition) is 3. The molecule has 1 aromatic heterocycles. The van der Waals surface area contributed by atoms with Crippen molar-refractivity contribution >= 4 is 23.2 Å². The molecule has 0 spiro atoms. The normalized spacial score (nSPS) is 16.0. The van der Waals surface area contributed by atoms with Gasteiger partial charge in [-0.05, 0) is 26.7 Å². The molecule has 1 aliphatic rings. The summed E-state index contributed by atoms with van der Waals surface area (Å²) >= 11 is 1.74. The molecule has 0 atom stereocenters. The third-order valence-electron chi connectivity index (χ3n) is 2.01. The number of nitrogens with zero attached hydrogens (tertiary/aromatic N) is 2. The van der Waals surface area contributed by atoms with Crippen LogP contribution in [-0.4, -0.2) is 11.2 Å².